The van der Waals surface area contributed by atoms with Crippen molar-refractivity contribution in [3.8, 4) is 5.75 Å². The molecule has 0 fully saturated rings. The molecule has 0 aliphatic carbocycles. The standard InChI is InChI=1S/C15H22FNO3/c1-5-15(4,10-18)17-13(19)14(2,3)20-12-8-6-11(16)7-9-12/h6-9,18H,5,10H2,1-4H3,(H,17,19). The van der Waals surface area contributed by atoms with E-state index in [1.54, 1.807) is 20.8 Å². The van der Waals surface area contributed by atoms with Crippen LogP contribution in [0, 0.1) is 5.82 Å². The quantitative estimate of drug-likeness (QED) is 0.842. The molecule has 112 valence electrons. The van der Waals surface area contributed by atoms with E-state index in [1.807, 2.05) is 6.92 Å². The zero-order chi connectivity index (χ0) is 15.4. The van der Waals surface area contributed by atoms with Gasteiger partial charge >= 0.3 is 0 Å². The highest BCUT2D eigenvalue weighted by Crippen LogP contribution is 2.20. The summed E-state index contributed by atoms with van der Waals surface area (Å²) in [5.41, 5.74) is -1.80. The Kier molecular flexibility index (Phi) is 5.11. The van der Waals surface area contributed by atoms with Crippen molar-refractivity contribution in [2.24, 2.45) is 0 Å². The molecular weight excluding hydrogens is 261 g/mol. The summed E-state index contributed by atoms with van der Waals surface area (Å²) in [6.45, 7) is 6.74. The largest absolute Gasteiger partial charge is 0.478 e. The molecule has 1 amide bonds. The average Bonchev–Trinajstić information content (AvgIpc) is 2.41. The number of hydrogen-bond acceptors (Lipinski definition) is 3. The third-order valence-corrected chi connectivity index (χ3v) is 3.28. The van der Waals surface area contributed by atoms with Crippen LogP contribution in [0.1, 0.15) is 34.1 Å². The summed E-state index contributed by atoms with van der Waals surface area (Å²) < 4.78 is 18.4. The van der Waals surface area contributed by atoms with Crippen molar-refractivity contribution in [2.45, 2.75) is 45.3 Å². The van der Waals surface area contributed by atoms with Crippen molar-refractivity contribution < 1.29 is 19.0 Å². The van der Waals surface area contributed by atoms with Crippen molar-refractivity contribution in [3.05, 3.63) is 30.1 Å². The molecule has 0 spiro atoms. The summed E-state index contributed by atoms with van der Waals surface area (Å²) in [6, 6.07) is 5.48. The maximum absolute atomic E-state index is 12.8. The van der Waals surface area contributed by atoms with Crippen LogP contribution in [-0.2, 0) is 4.79 Å². The van der Waals surface area contributed by atoms with Crippen LogP contribution >= 0.6 is 0 Å². The molecule has 1 aromatic rings. The molecule has 0 saturated heterocycles. The average molecular weight is 283 g/mol. The number of carbonyl (C=O) groups excluding carboxylic acids is 1. The third kappa shape index (κ3) is 4.20. The number of benzene rings is 1. The smallest absolute Gasteiger partial charge is 0.264 e. The third-order valence-electron chi connectivity index (χ3n) is 3.28. The number of aliphatic hydroxyl groups excluding tert-OH is 1. The number of amides is 1. The molecule has 1 rings (SSSR count). The topological polar surface area (TPSA) is 58.6 Å². The van der Waals surface area contributed by atoms with Gasteiger partial charge in [-0.1, -0.05) is 6.92 Å². The Hall–Kier alpha value is -1.62. The molecule has 20 heavy (non-hydrogen) atoms. The van der Waals surface area contributed by atoms with Gasteiger partial charge in [0.15, 0.2) is 5.60 Å². The monoisotopic (exact) mass is 283 g/mol. The predicted molar refractivity (Wildman–Crippen MR) is 75.0 cm³/mol. The normalized spacial score (nSPS) is 14.5. The summed E-state index contributed by atoms with van der Waals surface area (Å²) in [7, 11) is 0. The van der Waals surface area contributed by atoms with Crippen LogP contribution in [0.4, 0.5) is 4.39 Å². The first-order valence-electron chi connectivity index (χ1n) is 6.60. The van der Waals surface area contributed by atoms with Crippen LogP contribution in [0.2, 0.25) is 0 Å². The summed E-state index contributed by atoms with van der Waals surface area (Å²) in [4.78, 5) is 12.2. The van der Waals surface area contributed by atoms with E-state index in [1.165, 1.54) is 24.3 Å². The molecule has 1 aromatic carbocycles. The van der Waals surface area contributed by atoms with Gasteiger partial charge in [0.2, 0.25) is 0 Å². The summed E-state index contributed by atoms with van der Waals surface area (Å²) in [6.07, 6.45) is 0.599. The second kappa shape index (κ2) is 6.22. The maximum Gasteiger partial charge on any atom is 0.264 e. The van der Waals surface area contributed by atoms with E-state index in [-0.39, 0.29) is 18.3 Å². The van der Waals surface area contributed by atoms with Crippen LogP contribution < -0.4 is 10.1 Å². The van der Waals surface area contributed by atoms with E-state index in [2.05, 4.69) is 5.32 Å². The van der Waals surface area contributed by atoms with E-state index in [4.69, 9.17) is 4.74 Å². The molecule has 5 heteroatoms. The molecule has 0 radical (unpaired) electrons. The minimum absolute atomic E-state index is 0.151. The zero-order valence-electron chi connectivity index (χ0n) is 12.4. The van der Waals surface area contributed by atoms with Crippen LogP contribution in [0.5, 0.6) is 5.75 Å². The highest BCUT2D eigenvalue weighted by atomic mass is 19.1. The highest BCUT2D eigenvalue weighted by molar-refractivity contribution is 5.85. The van der Waals surface area contributed by atoms with E-state index < -0.39 is 11.1 Å². The Balaban J connectivity index is 2.77. The van der Waals surface area contributed by atoms with Crippen molar-refractivity contribution >= 4 is 5.91 Å². The Morgan fingerprint density at radius 1 is 1.30 bits per heavy atom. The number of nitrogens with one attached hydrogen (secondary N) is 1. The van der Waals surface area contributed by atoms with Crippen molar-refractivity contribution in [1.29, 1.82) is 0 Å². The lowest BCUT2D eigenvalue weighted by atomic mass is 9.98. The minimum atomic E-state index is -1.12. The van der Waals surface area contributed by atoms with Gasteiger partial charge in [-0.05, 0) is 51.5 Å². The lowest BCUT2D eigenvalue weighted by Crippen LogP contribution is -2.56. The molecule has 0 aromatic heterocycles. The summed E-state index contributed by atoms with van der Waals surface area (Å²) in [5, 5.41) is 12.1. The number of aliphatic hydroxyl groups is 1. The van der Waals surface area contributed by atoms with Gasteiger partial charge in [-0.25, -0.2) is 4.39 Å². The number of carbonyl (C=O) groups is 1. The molecule has 4 nitrogen and oxygen atoms in total. The van der Waals surface area contributed by atoms with Gasteiger partial charge in [0.1, 0.15) is 11.6 Å². The van der Waals surface area contributed by atoms with Gasteiger partial charge in [0, 0.05) is 0 Å². The molecule has 2 N–H and O–H groups in total. The van der Waals surface area contributed by atoms with E-state index in [0.29, 0.717) is 12.2 Å². The molecule has 0 saturated carbocycles. The molecule has 0 aliphatic rings. The SMILES string of the molecule is CCC(C)(CO)NC(=O)C(C)(C)Oc1ccc(F)cc1. The molecule has 0 bridgehead atoms. The Labute approximate surface area is 119 Å². The van der Waals surface area contributed by atoms with Gasteiger partial charge in [-0.15, -0.1) is 0 Å². The van der Waals surface area contributed by atoms with E-state index >= 15 is 0 Å². The first-order chi connectivity index (χ1) is 9.22. The van der Waals surface area contributed by atoms with Gasteiger partial charge in [-0.3, -0.25) is 4.79 Å². The second-order valence-corrected chi connectivity index (χ2v) is 5.59. The van der Waals surface area contributed by atoms with Gasteiger partial charge in [0.05, 0.1) is 12.1 Å². The molecule has 1 atom stereocenters. The van der Waals surface area contributed by atoms with E-state index in [9.17, 15) is 14.3 Å². The fourth-order valence-corrected chi connectivity index (χ4v) is 1.51. The first-order valence-corrected chi connectivity index (χ1v) is 6.60. The summed E-state index contributed by atoms with van der Waals surface area (Å²) >= 11 is 0. The van der Waals surface area contributed by atoms with Crippen molar-refractivity contribution in [3.63, 3.8) is 0 Å². The lowest BCUT2D eigenvalue weighted by Gasteiger charge is -2.33. The predicted octanol–water partition coefficient (Wildman–Crippen LogP) is 2.26. The fraction of sp³-hybridized carbons (Fsp3) is 0.533. The van der Waals surface area contributed by atoms with Gasteiger partial charge in [-0.2, -0.15) is 0 Å². The molecule has 0 aliphatic heterocycles. The Morgan fingerprint density at radius 2 is 1.85 bits per heavy atom. The number of rotatable bonds is 6. The Morgan fingerprint density at radius 3 is 2.30 bits per heavy atom. The zero-order valence-corrected chi connectivity index (χ0v) is 12.4. The van der Waals surface area contributed by atoms with Crippen LogP contribution in [-0.4, -0.2) is 28.8 Å². The molecular formula is C15H22FNO3. The fourth-order valence-electron chi connectivity index (χ4n) is 1.51. The Bertz CT molecular complexity index is 453. The van der Waals surface area contributed by atoms with Crippen molar-refractivity contribution in [2.75, 3.05) is 6.61 Å². The van der Waals surface area contributed by atoms with Crippen LogP contribution in [0.25, 0.3) is 0 Å². The minimum Gasteiger partial charge on any atom is -0.478 e. The molecule has 0 heterocycles. The summed E-state index contributed by atoms with van der Waals surface area (Å²) in [5.74, 6) is -0.285. The maximum atomic E-state index is 12.8. The molecule has 1 unspecified atom stereocenters. The van der Waals surface area contributed by atoms with Gasteiger partial charge in [0.25, 0.3) is 5.91 Å². The second-order valence-electron chi connectivity index (χ2n) is 5.59. The highest BCUT2D eigenvalue weighted by Gasteiger charge is 2.34. The van der Waals surface area contributed by atoms with Crippen LogP contribution in [0.15, 0.2) is 24.3 Å². The number of hydrogen-bond donors (Lipinski definition) is 2. The number of ether oxygens (including phenoxy) is 1. The lowest BCUT2D eigenvalue weighted by molar-refractivity contribution is -0.136. The first kappa shape index (κ1) is 16.4. The van der Waals surface area contributed by atoms with Crippen LogP contribution in [0.3, 0.4) is 0 Å². The van der Waals surface area contributed by atoms with Crippen molar-refractivity contribution in [1.82, 2.24) is 5.32 Å². The van der Waals surface area contributed by atoms with Gasteiger partial charge < -0.3 is 15.2 Å². The number of halogens is 1. The van der Waals surface area contributed by atoms with E-state index in [0.717, 1.165) is 0 Å².